The van der Waals surface area contributed by atoms with Crippen molar-refractivity contribution in [3.8, 4) is 0 Å². The second-order valence-electron chi connectivity index (χ2n) is 5.13. The van der Waals surface area contributed by atoms with Crippen LogP contribution in [0.5, 0.6) is 0 Å². The van der Waals surface area contributed by atoms with Crippen LogP contribution in [0.15, 0.2) is 0 Å². The SMILES string of the molecule is CC(C)c1nc(N)nc(NCC(C)C(C)C)n1. The van der Waals surface area contributed by atoms with Gasteiger partial charge in [-0.2, -0.15) is 15.0 Å². The van der Waals surface area contributed by atoms with E-state index in [1.54, 1.807) is 0 Å². The second-order valence-corrected chi connectivity index (χ2v) is 5.13. The molecule has 0 spiro atoms. The molecule has 0 fully saturated rings. The number of nitrogens with zero attached hydrogens (tertiary/aromatic N) is 3. The number of hydrogen-bond donors (Lipinski definition) is 2. The van der Waals surface area contributed by atoms with E-state index in [9.17, 15) is 0 Å². The third kappa shape index (κ3) is 4.17. The average Bonchev–Trinajstić information content (AvgIpc) is 2.24. The standard InChI is InChI=1S/C12H23N5/c1-7(2)9(5)6-14-12-16-10(8(3)4)15-11(13)17-12/h7-9H,6H2,1-5H3,(H3,13,14,15,16,17). The molecule has 0 aliphatic carbocycles. The molecule has 0 aliphatic heterocycles. The van der Waals surface area contributed by atoms with Crippen LogP contribution >= 0.6 is 0 Å². The summed E-state index contributed by atoms with van der Waals surface area (Å²) in [5.74, 6) is 3.04. The molecule has 1 aromatic rings. The molecule has 3 N–H and O–H groups in total. The summed E-state index contributed by atoms with van der Waals surface area (Å²) in [7, 11) is 0. The fraction of sp³-hybridized carbons (Fsp3) is 0.750. The maximum absolute atomic E-state index is 5.66. The highest BCUT2D eigenvalue weighted by molar-refractivity contribution is 5.31. The van der Waals surface area contributed by atoms with Crippen LogP contribution in [0.25, 0.3) is 0 Å². The Balaban J connectivity index is 2.71. The van der Waals surface area contributed by atoms with Gasteiger partial charge in [0.25, 0.3) is 0 Å². The summed E-state index contributed by atoms with van der Waals surface area (Å²) in [6.07, 6.45) is 0. The van der Waals surface area contributed by atoms with E-state index in [0.717, 1.165) is 12.4 Å². The van der Waals surface area contributed by atoms with Crippen LogP contribution < -0.4 is 11.1 Å². The third-order valence-corrected chi connectivity index (χ3v) is 2.91. The lowest BCUT2D eigenvalue weighted by molar-refractivity contribution is 0.439. The predicted octanol–water partition coefficient (Wildman–Crippen LogP) is 2.28. The second kappa shape index (κ2) is 5.80. The molecule has 1 heterocycles. The zero-order chi connectivity index (χ0) is 13.0. The average molecular weight is 237 g/mol. The van der Waals surface area contributed by atoms with E-state index >= 15 is 0 Å². The Morgan fingerprint density at radius 3 is 2.24 bits per heavy atom. The number of rotatable bonds is 5. The van der Waals surface area contributed by atoms with Gasteiger partial charge in [0.15, 0.2) is 0 Å². The van der Waals surface area contributed by atoms with E-state index in [1.807, 2.05) is 13.8 Å². The highest BCUT2D eigenvalue weighted by Crippen LogP contribution is 2.14. The Bertz CT molecular complexity index is 362. The number of nitrogens with two attached hydrogens (primary N) is 1. The minimum atomic E-state index is 0.253. The molecule has 0 saturated heterocycles. The normalized spacial score (nSPS) is 13.1. The zero-order valence-corrected chi connectivity index (χ0v) is 11.4. The number of nitrogens with one attached hydrogen (secondary N) is 1. The summed E-state index contributed by atoms with van der Waals surface area (Å²) in [6.45, 7) is 11.5. The Morgan fingerprint density at radius 2 is 1.71 bits per heavy atom. The smallest absolute Gasteiger partial charge is 0.227 e. The van der Waals surface area contributed by atoms with Crippen LogP contribution in [0, 0.1) is 11.8 Å². The van der Waals surface area contributed by atoms with Gasteiger partial charge >= 0.3 is 0 Å². The summed E-state index contributed by atoms with van der Waals surface area (Å²) in [6, 6.07) is 0. The van der Waals surface area contributed by atoms with Crippen molar-refractivity contribution in [3.63, 3.8) is 0 Å². The predicted molar refractivity (Wildman–Crippen MR) is 70.8 cm³/mol. The molecular formula is C12H23N5. The van der Waals surface area contributed by atoms with Crippen LogP contribution in [0.4, 0.5) is 11.9 Å². The molecule has 0 saturated carbocycles. The van der Waals surface area contributed by atoms with Crippen molar-refractivity contribution in [2.75, 3.05) is 17.6 Å². The van der Waals surface area contributed by atoms with Crippen LogP contribution in [-0.2, 0) is 0 Å². The first-order valence-corrected chi connectivity index (χ1v) is 6.15. The van der Waals surface area contributed by atoms with Gasteiger partial charge < -0.3 is 11.1 Å². The molecule has 1 aromatic heterocycles. The topological polar surface area (TPSA) is 76.7 Å². The highest BCUT2D eigenvalue weighted by atomic mass is 15.2. The van der Waals surface area contributed by atoms with E-state index in [2.05, 4.69) is 41.0 Å². The molecule has 1 rings (SSSR count). The number of anilines is 2. The van der Waals surface area contributed by atoms with E-state index in [0.29, 0.717) is 17.8 Å². The van der Waals surface area contributed by atoms with Gasteiger partial charge in [0.1, 0.15) is 5.82 Å². The van der Waals surface area contributed by atoms with Gasteiger partial charge in [0.05, 0.1) is 0 Å². The molecule has 0 amide bonds. The van der Waals surface area contributed by atoms with Crippen molar-refractivity contribution in [1.82, 2.24) is 15.0 Å². The van der Waals surface area contributed by atoms with E-state index < -0.39 is 0 Å². The number of hydrogen-bond acceptors (Lipinski definition) is 5. The molecule has 5 nitrogen and oxygen atoms in total. The van der Waals surface area contributed by atoms with E-state index in [-0.39, 0.29) is 11.9 Å². The van der Waals surface area contributed by atoms with Crippen molar-refractivity contribution in [1.29, 1.82) is 0 Å². The maximum Gasteiger partial charge on any atom is 0.227 e. The first-order valence-electron chi connectivity index (χ1n) is 6.15. The fourth-order valence-corrected chi connectivity index (χ4v) is 1.23. The van der Waals surface area contributed by atoms with Crippen molar-refractivity contribution >= 4 is 11.9 Å². The minimum Gasteiger partial charge on any atom is -0.368 e. The lowest BCUT2D eigenvalue weighted by Gasteiger charge is -2.16. The molecule has 0 aromatic carbocycles. The van der Waals surface area contributed by atoms with Crippen LogP contribution in [0.1, 0.15) is 46.4 Å². The number of nitrogen functional groups attached to an aromatic ring is 1. The van der Waals surface area contributed by atoms with E-state index in [1.165, 1.54) is 0 Å². The Labute approximate surface area is 103 Å². The fourth-order valence-electron chi connectivity index (χ4n) is 1.23. The molecule has 96 valence electrons. The molecule has 5 heteroatoms. The van der Waals surface area contributed by atoms with Crippen molar-refractivity contribution < 1.29 is 0 Å². The summed E-state index contributed by atoms with van der Waals surface area (Å²) < 4.78 is 0. The summed E-state index contributed by atoms with van der Waals surface area (Å²) in [5.41, 5.74) is 5.66. The molecule has 0 radical (unpaired) electrons. The van der Waals surface area contributed by atoms with Crippen LogP contribution in [0.3, 0.4) is 0 Å². The van der Waals surface area contributed by atoms with Crippen molar-refractivity contribution in [3.05, 3.63) is 5.82 Å². The maximum atomic E-state index is 5.66. The lowest BCUT2D eigenvalue weighted by Crippen LogP contribution is -2.19. The monoisotopic (exact) mass is 237 g/mol. The van der Waals surface area contributed by atoms with Gasteiger partial charge in [-0.3, -0.25) is 0 Å². The molecular weight excluding hydrogens is 214 g/mol. The molecule has 0 aliphatic rings. The van der Waals surface area contributed by atoms with Crippen LogP contribution in [-0.4, -0.2) is 21.5 Å². The van der Waals surface area contributed by atoms with Crippen molar-refractivity contribution in [2.45, 2.75) is 40.5 Å². The number of aromatic nitrogens is 3. The summed E-state index contributed by atoms with van der Waals surface area (Å²) >= 11 is 0. The molecule has 1 atom stereocenters. The largest absolute Gasteiger partial charge is 0.368 e. The van der Waals surface area contributed by atoms with Crippen molar-refractivity contribution in [2.24, 2.45) is 11.8 Å². The third-order valence-electron chi connectivity index (χ3n) is 2.91. The Hall–Kier alpha value is -1.39. The van der Waals surface area contributed by atoms with Gasteiger partial charge in [0, 0.05) is 12.5 Å². The quantitative estimate of drug-likeness (QED) is 0.821. The van der Waals surface area contributed by atoms with Gasteiger partial charge in [-0.25, -0.2) is 0 Å². The summed E-state index contributed by atoms with van der Waals surface area (Å²) in [5, 5.41) is 3.22. The lowest BCUT2D eigenvalue weighted by atomic mass is 9.98. The van der Waals surface area contributed by atoms with Crippen LogP contribution in [0.2, 0.25) is 0 Å². The molecule has 0 bridgehead atoms. The van der Waals surface area contributed by atoms with Gasteiger partial charge in [-0.1, -0.05) is 34.6 Å². The molecule has 1 unspecified atom stereocenters. The first-order chi connectivity index (χ1) is 7.90. The Kier molecular flexibility index (Phi) is 4.66. The van der Waals surface area contributed by atoms with Gasteiger partial charge in [-0.15, -0.1) is 0 Å². The minimum absolute atomic E-state index is 0.253. The first kappa shape index (κ1) is 13.7. The van der Waals surface area contributed by atoms with E-state index in [4.69, 9.17) is 5.73 Å². The summed E-state index contributed by atoms with van der Waals surface area (Å²) in [4.78, 5) is 12.6. The van der Waals surface area contributed by atoms with Gasteiger partial charge in [-0.05, 0) is 11.8 Å². The molecule has 17 heavy (non-hydrogen) atoms. The Morgan fingerprint density at radius 1 is 1.06 bits per heavy atom. The zero-order valence-electron chi connectivity index (χ0n) is 11.4. The highest BCUT2D eigenvalue weighted by Gasteiger charge is 2.10. The van der Waals surface area contributed by atoms with Gasteiger partial charge in [0.2, 0.25) is 11.9 Å².